The molecule has 2 aromatic rings. The normalized spacial score (nSPS) is 25.2. The van der Waals surface area contributed by atoms with Crippen molar-refractivity contribution in [1.82, 2.24) is 24.7 Å². The lowest BCUT2D eigenvalue weighted by Crippen LogP contribution is -2.39. The largest absolute Gasteiger partial charge is 0.329 e. The second kappa shape index (κ2) is 8.85. The predicted molar refractivity (Wildman–Crippen MR) is 122 cm³/mol. The molecule has 0 saturated carbocycles. The summed E-state index contributed by atoms with van der Waals surface area (Å²) in [6, 6.07) is 6.88. The number of hydrogen-bond acceptors (Lipinski definition) is 4. The molecule has 2 N–H and O–H groups in total. The van der Waals surface area contributed by atoms with Gasteiger partial charge in [0.05, 0.1) is 17.1 Å². The van der Waals surface area contributed by atoms with Crippen LogP contribution in [0.15, 0.2) is 23.0 Å². The van der Waals surface area contributed by atoms with E-state index < -0.39 is 0 Å². The third-order valence-electron chi connectivity index (χ3n) is 7.77. The Morgan fingerprint density at radius 2 is 1.80 bits per heavy atom. The zero-order valence-electron chi connectivity index (χ0n) is 18.4. The van der Waals surface area contributed by atoms with Crippen molar-refractivity contribution in [3.8, 4) is 0 Å². The summed E-state index contributed by atoms with van der Waals surface area (Å²) in [5, 5.41) is 6.95. The van der Waals surface area contributed by atoms with E-state index in [2.05, 4.69) is 38.3 Å². The smallest absolute Gasteiger partial charge is 0.317 e. The fraction of sp³-hybridized carbons (Fsp3) is 0.708. The second-order valence-corrected chi connectivity index (χ2v) is 9.69. The monoisotopic (exact) mass is 411 g/mol. The lowest BCUT2D eigenvalue weighted by molar-refractivity contribution is 0.167. The van der Waals surface area contributed by atoms with E-state index in [-0.39, 0.29) is 11.7 Å². The van der Waals surface area contributed by atoms with Crippen molar-refractivity contribution < 1.29 is 0 Å². The molecule has 164 valence electrons. The lowest BCUT2D eigenvalue weighted by atomic mass is 9.87. The topological polar surface area (TPSA) is 54.2 Å². The molecule has 0 spiro atoms. The summed E-state index contributed by atoms with van der Waals surface area (Å²) in [5.74, 6) is 1.43. The van der Waals surface area contributed by atoms with Crippen molar-refractivity contribution in [2.24, 2.45) is 13.0 Å². The Morgan fingerprint density at radius 1 is 1.00 bits per heavy atom. The van der Waals surface area contributed by atoms with Crippen LogP contribution in [-0.2, 0) is 7.05 Å². The number of rotatable bonds is 4. The number of aryl methyl sites for hydroxylation is 1. The van der Waals surface area contributed by atoms with Crippen LogP contribution in [0.25, 0.3) is 11.0 Å². The maximum atomic E-state index is 13.2. The molecule has 3 fully saturated rings. The van der Waals surface area contributed by atoms with Gasteiger partial charge >= 0.3 is 5.69 Å². The molecular weight excluding hydrogens is 374 g/mol. The van der Waals surface area contributed by atoms with E-state index >= 15 is 0 Å². The standard InChI is InChI=1S/C24H37N5O/c1-27-23-21(19-9-14-28(15-10-19)17-18-7-12-25-13-8-18)5-2-6-22(23)29(24(27)30)20-4-3-11-26-16-20/h2,5-6,18-20,25-26H,3-4,7-17H2,1H3. The first-order valence-corrected chi connectivity index (χ1v) is 12.1. The molecule has 4 heterocycles. The van der Waals surface area contributed by atoms with E-state index in [1.165, 1.54) is 69.5 Å². The number of benzene rings is 1. The molecule has 0 amide bonds. The van der Waals surface area contributed by atoms with Gasteiger partial charge < -0.3 is 15.5 Å². The molecule has 3 saturated heterocycles. The third-order valence-corrected chi connectivity index (χ3v) is 7.77. The van der Waals surface area contributed by atoms with Gasteiger partial charge in [-0.3, -0.25) is 9.13 Å². The number of nitrogens with one attached hydrogen (secondary N) is 2. The van der Waals surface area contributed by atoms with Gasteiger partial charge in [-0.05, 0) is 94.7 Å². The van der Waals surface area contributed by atoms with Gasteiger partial charge in [0, 0.05) is 20.1 Å². The van der Waals surface area contributed by atoms with E-state index in [4.69, 9.17) is 0 Å². The van der Waals surface area contributed by atoms with Crippen LogP contribution < -0.4 is 16.3 Å². The van der Waals surface area contributed by atoms with Gasteiger partial charge in [0.2, 0.25) is 0 Å². The van der Waals surface area contributed by atoms with Gasteiger partial charge in [0.1, 0.15) is 0 Å². The first kappa shape index (κ1) is 20.3. The Hall–Kier alpha value is -1.63. The van der Waals surface area contributed by atoms with E-state index in [0.29, 0.717) is 5.92 Å². The van der Waals surface area contributed by atoms with Crippen molar-refractivity contribution in [3.05, 3.63) is 34.2 Å². The molecule has 6 heteroatoms. The lowest BCUT2D eigenvalue weighted by Gasteiger charge is -2.35. The summed E-state index contributed by atoms with van der Waals surface area (Å²) in [6.45, 7) is 7.98. The number of fused-ring (bicyclic) bond motifs is 1. The van der Waals surface area contributed by atoms with Crippen LogP contribution >= 0.6 is 0 Å². The fourth-order valence-corrected chi connectivity index (χ4v) is 6.06. The highest BCUT2D eigenvalue weighted by atomic mass is 16.1. The highest BCUT2D eigenvalue weighted by Crippen LogP contribution is 2.34. The number of imidazole rings is 1. The molecular formula is C24H37N5O. The van der Waals surface area contributed by atoms with Crippen LogP contribution in [0.4, 0.5) is 0 Å². The number of hydrogen-bond donors (Lipinski definition) is 2. The number of nitrogens with zero attached hydrogens (tertiary/aromatic N) is 3. The first-order valence-electron chi connectivity index (χ1n) is 12.1. The van der Waals surface area contributed by atoms with E-state index in [1.807, 2.05) is 11.6 Å². The second-order valence-electron chi connectivity index (χ2n) is 9.69. The van der Waals surface area contributed by atoms with Gasteiger partial charge in [-0.15, -0.1) is 0 Å². The van der Waals surface area contributed by atoms with Crippen LogP contribution in [0.2, 0.25) is 0 Å². The van der Waals surface area contributed by atoms with Crippen LogP contribution in [-0.4, -0.2) is 59.8 Å². The van der Waals surface area contributed by atoms with Gasteiger partial charge in [0.15, 0.2) is 0 Å². The summed E-state index contributed by atoms with van der Waals surface area (Å²) in [7, 11) is 1.97. The predicted octanol–water partition coefficient (Wildman–Crippen LogP) is 2.44. The van der Waals surface area contributed by atoms with Crippen molar-refractivity contribution in [2.45, 2.75) is 50.5 Å². The van der Waals surface area contributed by atoms with Gasteiger partial charge in [0.25, 0.3) is 0 Å². The first-order chi connectivity index (χ1) is 14.7. The van der Waals surface area contributed by atoms with Crippen molar-refractivity contribution in [3.63, 3.8) is 0 Å². The number of likely N-dealkylation sites (tertiary alicyclic amines) is 1. The van der Waals surface area contributed by atoms with Crippen LogP contribution in [0.3, 0.4) is 0 Å². The molecule has 0 aliphatic carbocycles. The van der Waals surface area contributed by atoms with Gasteiger partial charge in [-0.25, -0.2) is 4.79 Å². The van der Waals surface area contributed by atoms with Gasteiger partial charge in [-0.2, -0.15) is 0 Å². The molecule has 5 rings (SSSR count). The Bertz CT molecular complexity index is 912. The summed E-state index contributed by atoms with van der Waals surface area (Å²) < 4.78 is 3.98. The molecule has 3 aliphatic heterocycles. The Labute approximate surface area is 179 Å². The zero-order valence-corrected chi connectivity index (χ0v) is 18.4. The molecule has 1 atom stereocenters. The summed E-state index contributed by atoms with van der Waals surface area (Å²) >= 11 is 0. The summed E-state index contributed by atoms with van der Waals surface area (Å²) in [4.78, 5) is 15.9. The maximum absolute atomic E-state index is 13.2. The summed E-state index contributed by atoms with van der Waals surface area (Å²) in [6.07, 6.45) is 7.28. The molecule has 0 bridgehead atoms. The number of para-hydroxylation sites is 1. The Morgan fingerprint density at radius 3 is 2.53 bits per heavy atom. The number of aromatic nitrogens is 2. The third kappa shape index (κ3) is 3.85. The average molecular weight is 412 g/mol. The SMILES string of the molecule is Cn1c(=O)n(C2CCCNC2)c2cccc(C3CCN(CC4CCNCC4)CC3)c21. The van der Waals surface area contributed by atoms with Crippen molar-refractivity contribution in [2.75, 3.05) is 45.8 Å². The maximum Gasteiger partial charge on any atom is 0.329 e. The molecule has 1 aromatic carbocycles. The zero-order chi connectivity index (χ0) is 20.5. The van der Waals surface area contributed by atoms with Crippen LogP contribution in [0.5, 0.6) is 0 Å². The molecule has 6 nitrogen and oxygen atoms in total. The van der Waals surface area contributed by atoms with Gasteiger partial charge in [-0.1, -0.05) is 12.1 Å². The fourth-order valence-electron chi connectivity index (χ4n) is 6.06. The van der Waals surface area contributed by atoms with Crippen molar-refractivity contribution >= 4 is 11.0 Å². The quantitative estimate of drug-likeness (QED) is 0.812. The average Bonchev–Trinajstić information content (AvgIpc) is 3.06. The van der Waals surface area contributed by atoms with E-state index in [9.17, 15) is 4.79 Å². The molecule has 1 aromatic heterocycles. The van der Waals surface area contributed by atoms with E-state index in [1.54, 1.807) is 0 Å². The molecule has 30 heavy (non-hydrogen) atoms. The molecule has 1 unspecified atom stereocenters. The number of piperidine rings is 3. The van der Waals surface area contributed by atoms with E-state index in [0.717, 1.165) is 37.4 Å². The van der Waals surface area contributed by atoms with Crippen LogP contribution in [0, 0.1) is 5.92 Å². The van der Waals surface area contributed by atoms with Crippen LogP contribution in [0.1, 0.15) is 56.0 Å². The molecule has 0 radical (unpaired) electrons. The Balaban J connectivity index is 1.36. The minimum atomic E-state index is 0.148. The minimum absolute atomic E-state index is 0.148. The highest BCUT2D eigenvalue weighted by molar-refractivity contribution is 5.80. The summed E-state index contributed by atoms with van der Waals surface area (Å²) in [5.41, 5.74) is 3.83. The molecule has 3 aliphatic rings. The van der Waals surface area contributed by atoms with Crippen molar-refractivity contribution in [1.29, 1.82) is 0 Å². The Kier molecular flexibility index (Phi) is 5.98. The highest BCUT2D eigenvalue weighted by Gasteiger charge is 2.28. The minimum Gasteiger partial charge on any atom is -0.317 e.